The van der Waals surface area contributed by atoms with Crippen molar-refractivity contribution in [2.24, 2.45) is 0 Å². The van der Waals surface area contributed by atoms with Crippen molar-refractivity contribution in [2.45, 2.75) is 26.4 Å². The molecule has 0 radical (unpaired) electrons. The standard InChI is InChI=1S/C18H18N2O3/c1-11-7-6-9-13(12(11)2)19-16(21)18(3)17(22)20-14-8-4-5-10-15(14)23-18/h4-10H,1-3H3,(H,19,21)(H,20,22). The molecule has 2 aromatic rings. The predicted molar refractivity (Wildman–Crippen MR) is 88.7 cm³/mol. The number of carbonyl (C=O) groups excluding carboxylic acids is 2. The number of aryl methyl sites for hydroxylation is 1. The summed E-state index contributed by atoms with van der Waals surface area (Å²) in [5.74, 6) is -0.511. The highest BCUT2D eigenvalue weighted by Crippen LogP contribution is 2.34. The average molecular weight is 310 g/mol. The van der Waals surface area contributed by atoms with Crippen LogP contribution in [0.25, 0.3) is 0 Å². The van der Waals surface area contributed by atoms with Crippen molar-refractivity contribution in [3.8, 4) is 5.75 Å². The second-order valence-corrected chi connectivity index (χ2v) is 5.79. The van der Waals surface area contributed by atoms with E-state index in [-0.39, 0.29) is 0 Å². The summed E-state index contributed by atoms with van der Waals surface area (Å²) >= 11 is 0. The zero-order valence-corrected chi connectivity index (χ0v) is 13.3. The summed E-state index contributed by atoms with van der Waals surface area (Å²) in [7, 11) is 0. The Morgan fingerprint density at radius 3 is 2.65 bits per heavy atom. The summed E-state index contributed by atoms with van der Waals surface area (Å²) in [6.45, 7) is 5.36. The first-order valence-electron chi connectivity index (χ1n) is 7.39. The van der Waals surface area contributed by atoms with Crippen LogP contribution >= 0.6 is 0 Å². The Kier molecular flexibility index (Phi) is 3.56. The normalized spacial score (nSPS) is 19.3. The second kappa shape index (κ2) is 5.43. The second-order valence-electron chi connectivity index (χ2n) is 5.79. The number of benzene rings is 2. The van der Waals surface area contributed by atoms with E-state index in [0.717, 1.165) is 11.1 Å². The number of hydrogen-bond donors (Lipinski definition) is 2. The van der Waals surface area contributed by atoms with Gasteiger partial charge in [0.05, 0.1) is 5.69 Å². The van der Waals surface area contributed by atoms with Crippen molar-refractivity contribution in [1.82, 2.24) is 0 Å². The summed E-state index contributed by atoms with van der Waals surface area (Å²) in [6, 6.07) is 12.7. The third-order valence-corrected chi connectivity index (χ3v) is 4.17. The maximum absolute atomic E-state index is 12.7. The van der Waals surface area contributed by atoms with Crippen molar-refractivity contribution < 1.29 is 14.3 Å². The molecule has 1 heterocycles. The van der Waals surface area contributed by atoms with Crippen LogP contribution in [0.2, 0.25) is 0 Å². The topological polar surface area (TPSA) is 67.4 Å². The van der Waals surface area contributed by atoms with Gasteiger partial charge in [0.25, 0.3) is 17.4 Å². The molecule has 0 aliphatic carbocycles. The molecule has 2 aromatic carbocycles. The number of fused-ring (bicyclic) bond motifs is 1. The van der Waals surface area contributed by atoms with Crippen LogP contribution in [0, 0.1) is 13.8 Å². The lowest BCUT2D eigenvalue weighted by atomic mass is 10.0. The first kappa shape index (κ1) is 15.1. The lowest BCUT2D eigenvalue weighted by Gasteiger charge is -2.33. The number of ether oxygens (including phenoxy) is 1. The third-order valence-electron chi connectivity index (χ3n) is 4.17. The number of anilines is 2. The van der Waals surface area contributed by atoms with Crippen molar-refractivity contribution in [3.05, 3.63) is 53.6 Å². The number of para-hydroxylation sites is 2. The van der Waals surface area contributed by atoms with Gasteiger partial charge in [-0.3, -0.25) is 9.59 Å². The molecule has 0 saturated carbocycles. The van der Waals surface area contributed by atoms with Crippen LogP contribution < -0.4 is 15.4 Å². The fourth-order valence-electron chi connectivity index (χ4n) is 2.44. The number of amides is 2. The van der Waals surface area contributed by atoms with Gasteiger partial charge in [0.2, 0.25) is 0 Å². The zero-order chi connectivity index (χ0) is 16.6. The molecule has 0 bridgehead atoms. The predicted octanol–water partition coefficient (Wildman–Crippen LogP) is 3.03. The lowest BCUT2D eigenvalue weighted by Crippen LogP contribution is -2.56. The van der Waals surface area contributed by atoms with E-state index < -0.39 is 17.4 Å². The molecule has 1 atom stereocenters. The molecule has 0 spiro atoms. The molecule has 5 nitrogen and oxygen atoms in total. The molecule has 1 unspecified atom stereocenters. The molecule has 23 heavy (non-hydrogen) atoms. The van der Waals surface area contributed by atoms with Gasteiger partial charge >= 0.3 is 0 Å². The van der Waals surface area contributed by atoms with E-state index in [2.05, 4.69) is 10.6 Å². The Labute approximate surface area is 134 Å². The lowest BCUT2D eigenvalue weighted by molar-refractivity contribution is -0.143. The van der Waals surface area contributed by atoms with Crippen LogP contribution in [-0.2, 0) is 9.59 Å². The van der Waals surface area contributed by atoms with E-state index in [0.29, 0.717) is 17.1 Å². The third kappa shape index (κ3) is 2.54. The number of nitrogens with one attached hydrogen (secondary N) is 2. The summed E-state index contributed by atoms with van der Waals surface area (Å²) in [6.07, 6.45) is 0. The summed E-state index contributed by atoms with van der Waals surface area (Å²) < 4.78 is 5.71. The molecular weight excluding hydrogens is 292 g/mol. The monoisotopic (exact) mass is 310 g/mol. The van der Waals surface area contributed by atoms with Crippen molar-refractivity contribution >= 4 is 23.2 Å². The molecule has 118 valence electrons. The van der Waals surface area contributed by atoms with Crippen LogP contribution in [0.3, 0.4) is 0 Å². The largest absolute Gasteiger partial charge is 0.466 e. The molecule has 3 rings (SSSR count). The van der Waals surface area contributed by atoms with Gasteiger partial charge in [-0.05, 0) is 50.1 Å². The first-order chi connectivity index (χ1) is 10.9. The fraction of sp³-hybridized carbons (Fsp3) is 0.222. The molecular formula is C18H18N2O3. The fourth-order valence-corrected chi connectivity index (χ4v) is 2.44. The average Bonchev–Trinajstić information content (AvgIpc) is 2.53. The van der Waals surface area contributed by atoms with Gasteiger partial charge in [-0.15, -0.1) is 0 Å². The van der Waals surface area contributed by atoms with Gasteiger partial charge in [0, 0.05) is 5.69 Å². The van der Waals surface area contributed by atoms with Gasteiger partial charge in [-0.1, -0.05) is 24.3 Å². The minimum atomic E-state index is -1.62. The highest BCUT2D eigenvalue weighted by atomic mass is 16.5. The van der Waals surface area contributed by atoms with Gasteiger partial charge in [-0.2, -0.15) is 0 Å². The molecule has 0 fully saturated rings. The van der Waals surface area contributed by atoms with E-state index in [1.807, 2.05) is 26.0 Å². The molecule has 1 aliphatic heterocycles. The Balaban J connectivity index is 1.90. The van der Waals surface area contributed by atoms with Crippen LogP contribution in [0.4, 0.5) is 11.4 Å². The first-order valence-corrected chi connectivity index (χ1v) is 7.39. The Bertz CT molecular complexity index is 801. The number of carbonyl (C=O) groups is 2. The number of rotatable bonds is 2. The minimum absolute atomic E-state index is 0.478. The molecule has 0 aromatic heterocycles. The highest BCUT2D eigenvalue weighted by molar-refractivity contribution is 6.19. The molecule has 2 amide bonds. The van der Waals surface area contributed by atoms with E-state index >= 15 is 0 Å². The van der Waals surface area contributed by atoms with Gasteiger partial charge in [0.1, 0.15) is 5.75 Å². The molecule has 1 aliphatic rings. The Morgan fingerprint density at radius 1 is 1.13 bits per heavy atom. The molecule has 5 heteroatoms. The zero-order valence-electron chi connectivity index (χ0n) is 13.3. The van der Waals surface area contributed by atoms with E-state index in [1.165, 1.54) is 6.92 Å². The quantitative estimate of drug-likeness (QED) is 0.838. The summed E-state index contributed by atoms with van der Waals surface area (Å²) in [5.41, 5.74) is 1.64. The minimum Gasteiger partial charge on any atom is -0.466 e. The number of hydrogen-bond acceptors (Lipinski definition) is 3. The maximum Gasteiger partial charge on any atom is 0.278 e. The van der Waals surface area contributed by atoms with E-state index in [9.17, 15) is 9.59 Å². The Hall–Kier alpha value is -2.82. The van der Waals surface area contributed by atoms with Crippen molar-refractivity contribution in [3.63, 3.8) is 0 Å². The van der Waals surface area contributed by atoms with Crippen molar-refractivity contribution in [2.75, 3.05) is 10.6 Å². The van der Waals surface area contributed by atoms with Crippen LogP contribution in [0.15, 0.2) is 42.5 Å². The van der Waals surface area contributed by atoms with Crippen molar-refractivity contribution in [1.29, 1.82) is 0 Å². The maximum atomic E-state index is 12.7. The Morgan fingerprint density at radius 2 is 1.87 bits per heavy atom. The van der Waals surface area contributed by atoms with Crippen LogP contribution in [0.1, 0.15) is 18.1 Å². The summed E-state index contributed by atoms with van der Waals surface area (Å²) in [5, 5.41) is 5.52. The molecule has 0 saturated heterocycles. The van der Waals surface area contributed by atoms with E-state index in [1.54, 1.807) is 30.3 Å². The van der Waals surface area contributed by atoms with Gasteiger partial charge in [0.15, 0.2) is 0 Å². The van der Waals surface area contributed by atoms with Crippen LogP contribution in [-0.4, -0.2) is 17.4 Å². The van der Waals surface area contributed by atoms with E-state index in [4.69, 9.17) is 4.74 Å². The van der Waals surface area contributed by atoms with Crippen LogP contribution in [0.5, 0.6) is 5.75 Å². The summed E-state index contributed by atoms with van der Waals surface area (Å²) in [4.78, 5) is 25.0. The smallest absolute Gasteiger partial charge is 0.278 e. The highest BCUT2D eigenvalue weighted by Gasteiger charge is 2.47. The SMILES string of the molecule is Cc1cccc(NC(=O)C2(C)Oc3ccccc3NC2=O)c1C. The van der Waals surface area contributed by atoms with Gasteiger partial charge in [-0.25, -0.2) is 0 Å². The van der Waals surface area contributed by atoms with Gasteiger partial charge < -0.3 is 15.4 Å². The molecule has 2 N–H and O–H groups in total.